The molecule has 2 aromatic rings. The van der Waals surface area contributed by atoms with Crippen molar-refractivity contribution in [3.05, 3.63) is 53.2 Å². The van der Waals surface area contributed by atoms with E-state index < -0.39 is 5.41 Å². The molecule has 6 heteroatoms. The summed E-state index contributed by atoms with van der Waals surface area (Å²) in [5.41, 5.74) is 0.487. The third kappa shape index (κ3) is 4.79. The van der Waals surface area contributed by atoms with Crippen LogP contribution in [-0.4, -0.2) is 16.8 Å². The molecular formula is C17H18ClN3O2. The second-order valence-electron chi connectivity index (χ2n) is 6.10. The van der Waals surface area contributed by atoms with E-state index in [1.165, 1.54) is 6.20 Å². The van der Waals surface area contributed by atoms with E-state index >= 15 is 0 Å². The summed E-state index contributed by atoms with van der Waals surface area (Å²) in [4.78, 5) is 28.3. The van der Waals surface area contributed by atoms with Gasteiger partial charge >= 0.3 is 0 Å². The maximum absolute atomic E-state index is 12.2. The molecule has 0 atom stereocenters. The average Bonchev–Trinajstić information content (AvgIpc) is 2.49. The zero-order valence-corrected chi connectivity index (χ0v) is 13.9. The van der Waals surface area contributed by atoms with Gasteiger partial charge in [0.2, 0.25) is 5.91 Å². The van der Waals surface area contributed by atoms with E-state index in [0.29, 0.717) is 22.1 Å². The van der Waals surface area contributed by atoms with Crippen LogP contribution in [0.5, 0.6) is 0 Å². The molecule has 0 bridgehead atoms. The van der Waals surface area contributed by atoms with Crippen molar-refractivity contribution < 1.29 is 9.59 Å². The van der Waals surface area contributed by atoms with Crippen LogP contribution in [0.4, 0.5) is 11.5 Å². The minimum Gasteiger partial charge on any atom is -0.326 e. The highest BCUT2D eigenvalue weighted by molar-refractivity contribution is 6.30. The van der Waals surface area contributed by atoms with Crippen LogP contribution < -0.4 is 10.6 Å². The maximum atomic E-state index is 12.2. The number of rotatable bonds is 3. The van der Waals surface area contributed by atoms with Crippen LogP contribution in [0, 0.1) is 5.41 Å². The zero-order valence-electron chi connectivity index (χ0n) is 13.2. The number of nitrogens with zero attached hydrogens (tertiary/aromatic N) is 1. The Balaban J connectivity index is 2.11. The van der Waals surface area contributed by atoms with Crippen LogP contribution in [0.2, 0.25) is 5.02 Å². The third-order valence-electron chi connectivity index (χ3n) is 3.03. The van der Waals surface area contributed by atoms with Gasteiger partial charge in [0.25, 0.3) is 5.91 Å². The quantitative estimate of drug-likeness (QED) is 0.893. The van der Waals surface area contributed by atoms with Crippen molar-refractivity contribution >= 4 is 34.9 Å². The number of amides is 2. The minimum atomic E-state index is -0.508. The van der Waals surface area contributed by atoms with Crippen LogP contribution >= 0.6 is 11.6 Å². The van der Waals surface area contributed by atoms with Crippen molar-refractivity contribution in [3.8, 4) is 0 Å². The zero-order chi connectivity index (χ0) is 17.0. The first kappa shape index (κ1) is 17.0. The van der Waals surface area contributed by atoms with Crippen LogP contribution in [0.25, 0.3) is 0 Å². The van der Waals surface area contributed by atoms with Gasteiger partial charge in [0.05, 0.1) is 5.02 Å². The second-order valence-corrected chi connectivity index (χ2v) is 6.54. The molecule has 0 radical (unpaired) electrons. The van der Waals surface area contributed by atoms with Crippen molar-refractivity contribution in [1.82, 2.24) is 4.98 Å². The molecule has 0 unspecified atom stereocenters. The molecule has 2 N–H and O–H groups in total. The largest absolute Gasteiger partial charge is 0.326 e. The van der Waals surface area contributed by atoms with E-state index in [2.05, 4.69) is 15.6 Å². The van der Waals surface area contributed by atoms with E-state index in [1.807, 2.05) is 20.8 Å². The smallest absolute Gasteiger partial charge is 0.256 e. The Kier molecular flexibility index (Phi) is 5.01. The van der Waals surface area contributed by atoms with Crippen LogP contribution in [0.3, 0.4) is 0 Å². The first-order valence-corrected chi connectivity index (χ1v) is 7.48. The molecule has 120 valence electrons. The second kappa shape index (κ2) is 6.79. The van der Waals surface area contributed by atoms with Crippen molar-refractivity contribution in [3.63, 3.8) is 0 Å². The monoisotopic (exact) mass is 331 g/mol. The van der Waals surface area contributed by atoms with E-state index in [4.69, 9.17) is 11.6 Å². The van der Waals surface area contributed by atoms with Crippen LogP contribution in [0.15, 0.2) is 42.6 Å². The van der Waals surface area contributed by atoms with Gasteiger partial charge in [-0.05, 0) is 30.3 Å². The Morgan fingerprint density at radius 2 is 1.83 bits per heavy atom. The fourth-order valence-corrected chi connectivity index (χ4v) is 1.81. The first-order valence-electron chi connectivity index (χ1n) is 7.10. The predicted molar refractivity (Wildman–Crippen MR) is 91.7 cm³/mol. The van der Waals surface area contributed by atoms with Gasteiger partial charge in [0.1, 0.15) is 5.82 Å². The minimum absolute atomic E-state index is 0.116. The molecule has 0 aliphatic rings. The summed E-state index contributed by atoms with van der Waals surface area (Å²) >= 11 is 5.76. The van der Waals surface area contributed by atoms with Crippen molar-refractivity contribution in [1.29, 1.82) is 0 Å². The van der Waals surface area contributed by atoms with Gasteiger partial charge in [0, 0.05) is 22.9 Å². The average molecular weight is 332 g/mol. The molecule has 0 saturated heterocycles. The maximum Gasteiger partial charge on any atom is 0.256 e. The number of aromatic nitrogens is 1. The lowest BCUT2D eigenvalue weighted by Gasteiger charge is -2.17. The molecule has 0 aliphatic heterocycles. The Morgan fingerprint density at radius 3 is 2.43 bits per heavy atom. The molecule has 1 heterocycles. The summed E-state index contributed by atoms with van der Waals surface area (Å²) in [7, 11) is 0. The number of benzene rings is 1. The highest BCUT2D eigenvalue weighted by Gasteiger charge is 2.21. The summed E-state index contributed by atoms with van der Waals surface area (Å²) in [5.74, 6) is -0.0235. The standard InChI is InChI=1S/C17H18ClN3O2/c1-17(2,3)16(23)20-13-6-4-5-11(9-13)15(22)21-14-8-7-12(18)10-19-14/h4-10H,1-3H3,(H,20,23)(H,19,21,22). The highest BCUT2D eigenvalue weighted by Crippen LogP contribution is 2.19. The molecule has 1 aromatic carbocycles. The fraction of sp³-hybridized carbons (Fsp3) is 0.235. The molecule has 5 nitrogen and oxygen atoms in total. The summed E-state index contributed by atoms with van der Waals surface area (Å²) in [6.07, 6.45) is 1.46. The molecule has 0 fully saturated rings. The van der Waals surface area contributed by atoms with Crippen molar-refractivity contribution in [2.45, 2.75) is 20.8 Å². The summed E-state index contributed by atoms with van der Waals surface area (Å²) in [6, 6.07) is 9.99. The number of nitrogens with one attached hydrogen (secondary N) is 2. The molecule has 0 aliphatic carbocycles. The summed E-state index contributed by atoms with van der Waals surface area (Å²) in [6.45, 7) is 5.47. The summed E-state index contributed by atoms with van der Waals surface area (Å²) < 4.78 is 0. The normalized spacial score (nSPS) is 11.0. The first-order chi connectivity index (χ1) is 10.8. The Morgan fingerprint density at radius 1 is 1.09 bits per heavy atom. The number of hydrogen-bond donors (Lipinski definition) is 2. The molecule has 2 amide bonds. The van der Waals surface area contributed by atoms with E-state index in [-0.39, 0.29) is 11.8 Å². The number of hydrogen-bond acceptors (Lipinski definition) is 3. The highest BCUT2D eigenvalue weighted by atomic mass is 35.5. The van der Waals surface area contributed by atoms with Crippen LogP contribution in [0.1, 0.15) is 31.1 Å². The van der Waals surface area contributed by atoms with Crippen molar-refractivity contribution in [2.75, 3.05) is 10.6 Å². The lowest BCUT2D eigenvalue weighted by atomic mass is 9.95. The molecular weight excluding hydrogens is 314 g/mol. The molecule has 2 rings (SSSR count). The lowest BCUT2D eigenvalue weighted by molar-refractivity contribution is -0.123. The number of carbonyl (C=O) groups is 2. The van der Waals surface area contributed by atoms with Gasteiger partial charge < -0.3 is 10.6 Å². The molecule has 0 spiro atoms. The number of carbonyl (C=O) groups excluding carboxylic acids is 2. The van der Waals surface area contributed by atoms with Crippen molar-refractivity contribution in [2.24, 2.45) is 5.41 Å². The van der Waals surface area contributed by atoms with Gasteiger partial charge in [-0.3, -0.25) is 9.59 Å². The Labute approximate surface area is 140 Å². The van der Waals surface area contributed by atoms with Crippen LogP contribution in [-0.2, 0) is 4.79 Å². The van der Waals surface area contributed by atoms with Gasteiger partial charge in [0.15, 0.2) is 0 Å². The fourth-order valence-electron chi connectivity index (χ4n) is 1.70. The molecule has 0 saturated carbocycles. The number of pyridine rings is 1. The van der Waals surface area contributed by atoms with E-state index in [1.54, 1.807) is 36.4 Å². The molecule has 23 heavy (non-hydrogen) atoms. The summed E-state index contributed by atoms with van der Waals surface area (Å²) in [5, 5.41) is 5.97. The molecule has 1 aromatic heterocycles. The Hall–Kier alpha value is -2.40. The van der Waals surface area contributed by atoms with Gasteiger partial charge in [-0.15, -0.1) is 0 Å². The van der Waals surface area contributed by atoms with Gasteiger partial charge in [-0.1, -0.05) is 38.4 Å². The SMILES string of the molecule is CC(C)(C)C(=O)Nc1cccc(C(=O)Nc2ccc(Cl)cn2)c1. The number of anilines is 2. The Bertz CT molecular complexity index is 721. The van der Waals surface area contributed by atoms with Gasteiger partial charge in [-0.25, -0.2) is 4.98 Å². The third-order valence-corrected chi connectivity index (χ3v) is 3.26. The van der Waals surface area contributed by atoms with E-state index in [9.17, 15) is 9.59 Å². The topological polar surface area (TPSA) is 71.1 Å². The predicted octanol–water partition coefficient (Wildman–Crippen LogP) is 3.97. The van der Waals surface area contributed by atoms with E-state index in [0.717, 1.165) is 0 Å². The number of halogens is 1. The van der Waals surface area contributed by atoms with Gasteiger partial charge in [-0.2, -0.15) is 0 Å². The lowest BCUT2D eigenvalue weighted by Crippen LogP contribution is -2.27.